The SMILES string of the molecule is Cc1cccc(N2C(=O)C(O)=C(C(=O)c3sc(-c4ccccc4)nc3C)C2c2cccs2)c1C. The van der Waals surface area contributed by atoms with Crippen molar-refractivity contribution in [3.63, 3.8) is 0 Å². The normalized spacial score (nSPS) is 15.9. The minimum absolute atomic E-state index is 0.0970. The van der Waals surface area contributed by atoms with E-state index in [0.29, 0.717) is 16.3 Å². The first-order valence-corrected chi connectivity index (χ1v) is 12.5. The topological polar surface area (TPSA) is 70.5 Å². The van der Waals surface area contributed by atoms with E-state index in [-0.39, 0.29) is 11.4 Å². The van der Waals surface area contributed by atoms with Crippen molar-refractivity contribution in [2.45, 2.75) is 26.8 Å². The standard InChI is InChI=1S/C27H22N2O3S2/c1-15-9-7-12-19(16(15)2)29-22(20-13-8-14-33-20)21(24(31)27(29)32)23(30)25-17(3)28-26(34-25)18-10-5-4-6-11-18/h4-14,22,31H,1-3H3. The Bertz CT molecular complexity index is 1440. The van der Waals surface area contributed by atoms with Crippen molar-refractivity contribution >= 4 is 40.1 Å². The van der Waals surface area contributed by atoms with Gasteiger partial charge in [-0.3, -0.25) is 14.5 Å². The Hall–Kier alpha value is -3.55. The van der Waals surface area contributed by atoms with Crippen LogP contribution in [0.4, 0.5) is 5.69 Å². The summed E-state index contributed by atoms with van der Waals surface area (Å²) < 4.78 is 0. The molecule has 0 spiro atoms. The summed E-state index contributed by atoms with van der Waals surface area (Å²) in [6, 6.07) is 18.4. The summed E-state index contributed by atoms with van der Waals surface area (Å²) in [4.78, 5) is 34.7. The van der Waals surface area contributed by atoms with Gasteiger partial charge in [-0.25, -0.2) is 4.98 Å². The van der Waals surface area contributed by atoms with Crippen LogP contribution in [0.5, 0.6) is 0 Å². The van der Waals surface area contributed by atoms with Crippen LogP contribution >= 0.6 is 22.7 Å². The molecule has 1 aliphatic heterocycles. The number of aliphatic hydroxyl groups is 1. The molecule has 1 atom stereocenters. The molecule has 1 aliphatic rings. The third kappa shape index (κ3) is 3.57. The van der Waals surface area contributed by atoms with Crippen molar-refractivity contribution in [1.29, 1.82) is 0 Å². The Kier molecular flexibility index (Phi) is 5.67. The highest BCUT2D eigenvalue weighted by Crippen LogP contribution is 2.45. The number of nitrogens with zero attached hydrogens (tertiary/aromatic N) is 2. The Balaban J connectivity index is 1.63. The molecule has 5 nitrogen and oxygen atoms in total. The number of aliphatic hydroxyl groups excluding tert-OH is 1. The second-order valence-corrected chi connectivity index (χ2v) is 10.2. The van der Waals surface area contributed by atoms with Crippen molar-refractivity contribution in [2.24, 2.45) is 0 Å². The van der Waals surface area contributed by atoms with Crippen molar-refractivity contribution in [3.05, 3.63) is 104 Å². The molecule has 0 aliphatic carbocycles. The predicted octanol–water partition coefficient (Wildman–Crippen LogP) is 6.58. The van der Waals surface area contributed by atoms with E-state index in [1.165, 1.54) is 22.7 Å². The molecule has 7 heteroatoms. The highest BCUT2D eigenvalue weighted by atomic mass is 32.1. The van der Waals surface area contributed by atoms with Crippen molar-refractivity contribution in [1.82, 2.24) is 4.98 Å². The van der Waals surface area contributed by atoms with Gasteiger partial charge in [-0.2, -0.15) is 0 Å². The van der Waals surface area contributed by atoms with Gasteiger partial charge in [-0.15, -0.1) is 22.7 Å². The number of thiazole rings is 1. The lowest BCUT2D eigenvalue weighted by molar-refractivity contribution is -0.117. The van der Waals surface area contributed by atoms with Crippen molar-refractivity contribution < 1.29 is 14.7 Å². The summed E-state index contributed by atoms with van der Waals surface area (Å²) >= 11 is 2.73. The minimum Gasteiger partial charge on any atom is -0.503 e. The molecule has 1 amide bonds. The van der Waals surface area contributed by atoms with Gasteiger partial charge in [-0.05, 0) is 49.4 Å². The van der Waals surface area contributed by atoms with Gasteiger partial charge in [0.1, 0.15) is 11.0 Å². The van der Waals surface area contributed by atoms with Gasteiger partial charge < -0.3 is 5.11 Å². The van der Waals surface area contributed by atoms with Gasteiger partial charge in [0.25, 0.3) is 5.91 Å². The number of carbonyl (C=O) groups excluding carboxylic acids is 2. The second-order valence-electron chi connectivity index (χ2n) is 8.20. The first-order chi connectivity index (χ1) is 16.4. The number of thiophene rings is 1. The first kappa shape index (κ1) is 22.3. The third-order valence-corrected chi connectivity index (χ3v) is 8.25. The smallest absolute Gasteiger partial charge is 0.294 e. The Morgan fingerprint density at radius 3 is 2.47 bits per heavy atom. The highest BCUT2D eigenvalue weighted by molar-refractivity contribution is 7.17. The maximum Gasteiger partial charge on any atom is 0.294 e. The van der Waals surface area contributed by atoms with Crippen LogP contribution in [0.1, 0.15) is 37.4 Å². The lowest BCUT2D eigenvalue weighted by atomic mass is 9.99. The van der Waals surface area contributed by atoms with Gasteiger partial charge in [0, 0.05) is 16.1 Å². The molecule has 0 saturated heterocycles. The van der Waals surface area contributed by atoms with E-state index < -0.39 is 17.7 Å². The molecular formula is C27H22N2O3S2. The molecule has 0 fully saturated rings. The number of benzene rings is 2. The van der Waals surface area contributed by atoms with E-state index in [0.717, 1.165) is 26.6 Å². The number of Topliss-reactive ketones (excluding diaryl/α,β-unsaturated/α-hetero) is 1. The number of aromatic nitrogens is 1. The summed E-state index contributed by atoms with van der Waals surface area (Å²) in [5.74, 6) is -1.44. The maximum atomic E-state index is 13.9. The van der Waals surface area contributed by atoms with Crippen LogP contribution in [0.15, 0.2) is 77.4 Å². The molecule has 170 valence electrons. The van der Waals surface area contributed by atoms with Crippen LogP contribution in [-0.4, -0.2) is 21.8 Å². The van der Waals surface area contributed by atoms with Crippen LogP contribution in [0.25, 0.3) is 10.6 Å². The van der Waals surface area contributed by atoms with Gasteiger partial charge >= 0.3 is 0 Å². The second kappa shape index (κ2) is 8.66. The summed E-state index contributed by atoms with van der Waals surface area (Å²) in [6.45, 7) is 5.71. The molecule has 1 N–H and O–H groups in total. The van der Waals surface area contributed by atoms with E-state index in [1.807, 2.05) is 79.9 Å². The molecule has 1 unspecified atom stereocenters. The minimum atomic E-state index is -0.706. The van der Waals surface area contributed by atoms with E-state index in [9.17, 15) is 14.7 Å². The first-order valence-electron chi connectivity index (χ1n) is 10.8. The quantitative estimate of drug-likeness (QED) is 0.324. The fraction of sp³-hybridized carbons (Fsp3) is 0.148. The zero-order chi connectivity index (χ0) is 24.0. The lowest BCUT2D eigenvalue weighted by Crippen LogP contribution is -2.31. The van der Waals surface area contributed by atoms with Gasteiger partial charge in [0.15, 0.2) is 5.76 Å². The van der Waals surface area contributed by atoms with Crippen molar-refractivity contribution in [2.75, 3.05) is 4.90 Å². The van der Waals surface area contributed by atoms with Gasteiger partial charge in [0.2, 0.25) is 5.78 Å². The number of anilines is 1. The van der Waals surface area contributed by atoms with E-state index >= 15 is 0 Å². The monoisotopic (exact) mass is 486 g/mol. The predicted molar refractivity (Wildman–Crippen MR) is 137 cm³/mol. The summed E-state index contributed by atoms with van der Waals surface area (Å²) in [6.07, 6.45) is 0. The number of amides is 1. The lowest BCUT2D eigenvalue weighted by Gasteiger charge is -2.27. The largest absolute Gasteiger partial charge is 0.503 e. The molecule has 5 rings (SSSR count). The van der Waals surface area contributed by atoms with E-state index in [2.05, 4.69) is 4.98 Å². The highest BCUT2D eigenvalue weighted by Gasteiger charge is 2.46. The fourth-order valence-corrected chi connectivity index (χ4v) is 6.08. The number of hydrogen-bond acceptors (Lipinski definition) is 6. The van der Waals surface area contributed by atoms with Gasteiger partial charge in [-0.1, -0.05) is 48.5 Å². The van der Waals surface area contributed by atoms with Crippen molar-refractivity contribution in [3.8, 4) is 10.6 Å². The number of rotatable bonds is 5. The number of carbonyl (C=O) groups is 2. The molecular weight excluding hydrogens is 464 g/mol. The molecule has 0 radical (unpaired) electrons. The van der Waals surface area contributed by atoms with Crippen LogP contribution in [0, 0.1) is 20.8 Å². The Morgan fingerprint density at radius 2 is 1.76 bits per heavy atom. The van der Waals surface area contributed by atoms with E-state index in [1.54, 1.807) is 11.8 Å². The maximum absolute atomic E-state index is 13.9. The van der Waals surface area contributed by atoms with Crippen LogP contribution in [0.3, 0.4) is 0 Å². The average Bonchev–Trinajstić information content (AvgIpc) is 3.56. The molecule has 0 saturated carbocycles. The average molecular weight is 487 g/mol. The van der Waals surface area contributed by atoms with Crippen LogP contribution in [-0.2, 0) is 4.79 Å². The Morgan fingerprint density at radius 1 is 1.00 bits per heavy atom. The number of aryl methyl sites for hydroxylation is 2. The van der Waals surface area contributed by atoms with Gasteiger partial charge in [0.05, 0.1) is 16.1 Å². The van der Waals surface area contributed by atoms with Crippen LogP contribution < -0.4 is 4.90 Å². The van der Waals surface area contributed by atoms with Crippen LogP contribution in [0.2, 0.25) is 0 Å². The number of hydrogen-bond donors (Lipinski definition) is 1. The zero-order valence-corrected chi connectivity index (χ0v) is 20.5. The molecule has 2 aromatic heterocycles. The zero-order valence-electron chi connectivity index (χ0n) is 18.9. The fourth-order valence-electron chi connectivity index (χ4n) is 4.23. The molecule has 3 heterocycles. The molecule has 34 heavy (non-hydrogen) atoms. The molecule has 0 bridgehead atoms. The molecule has 4 aromatic rings. The number of ketones is 1. The summed E-state index contributed by atoms with van der Waals surface area (Å²) in [5, 5.41) is 13.7. The van der Waals surface area contributed by atoms with E-state index in [4.69, 9.17) is 0 Å². The third-order valence-electron chi connectivity index (χ3n) is 6.12. The summed E-state index contributed by atoms with van der Waals surface area (Å²) in [5.41, 5.74) is 4.24. The Labute approximate surface area is 205 Å². The summed E-state index contributed by atoms with van der Waals surface area (Å²) in [7, 11) is 0. The molecule has 2 aromatic carbocycles.